The van der Waals surface area contributed by atoms with Crippen LogP contribution in [0.2, 0.25) is 0 Å². The Kier molecular flexibility index (Phi) is 2.50. The molecule has 0 spiro atoms. The predicted octanol–water partition coefficient (Wildman–Crippen LogP) is 1.16. The van der Waals surface area contributed by atoms with Crippen LogP contribution in [0, 0.1) is 0 Å². The van der Waals surface area contributed by atoms with Crippen LogP contribution in [-0.2, 0) is 11.2 Å². The smallest absolute Gasteiger partial charge is 0.241 e. The molecule has 3 nitrogen and oxygen atoms in total. The van der Waals surface area contributed by atoms with Crippen molar-refractivity contribution in [3.05, 3.63) is 29.8 Å². The van der Waals surface area contributed by atoms with Gasteiger partial charge in [-0.05, 0) is 31.5 Å². The molecular formula is C11H14N2O. The maximum atomic E-state index is 11.6. The second-order valence-corrected chi connectivity index (χ2v) is 3.53. The third-order valence-electron chi connectivity index (χ3n) is 2.64. The maximum Gasteiger partial charge on any atom is 0.241 e. The number of amides is 1. The van der Waals surface area contributed by atoms with E-state index in [2.05, 4.69) is 16.7 Å². The second kappa shape index (κ2) is 3.80. The molecule has 0 saturated carbocycles. The largest absolute Gasteiger partial charge is 0.324 e. The van der Waals surface area contributed by atoms with E-state index in [9.17, 15) is 4.79 Å². The number of hydrogen-bond donors (Lipinski definition) is 2. The molecule has 0 fully saturated rings. The molecule has 74 valence electrons. The molecule has 0 radical (unpaired) electrons. The number of likely N-dealkylation sites (N-methyl/N-ethyl adjacent to an activating group) is 1. The average molecular weight is 190 g/mol. The molecule has 2 rings (SSSR count). The average Bonchev–Trinajstić information content (AvgIpc) is 2.36. The Labute approximate surface area is 83.5 Å². The molecule has 1 heterocycles. The number of rotatable bonds is 1. The van der Waals surface area contributed by atoms with E-state index in [1.165, 1.54) is 5.56 Å². The zero-order valence-electron chi connectivity index (χ0n) is 8.21. The van der Waals surface area contributed by atoms with Gasteiger partial charge < -0.3 is 10.6 Å². The van der Waals surface area contributed by atoms with Gasteiger partial charge in [-0.15, -0.1) is 0 Å². The molecule has 1 aromatic rings. The van der Waals surface area contributed by atoms with E-state index in [0.29, 0.717) is 0 Å². The number of hydrogen-bond acceptors (Lipinski definition) is 2. The van der Waals surface area contributed by atoms with Gasteiger partial charge >= 0.3 is 0 Å². The van der Waals surface area contributed by atoms with Crippen LogP contribution in [0.4, 0.5) is 5.69 Å². The van der Waals surface area contributed by atoms with Gasteiger partial charge in [-0.2, -0.15) is 0 Å². The first kappa shape index (κ1) is 9.21. The number of benzene rings is 1. The SMILES string of the molecule is CN[C@@H]1CCc2ccccc2NC1=O. The molecule has 1 aliphatic heterocycles. The molecule has 3 heteroatoms. The topological polar surface area (TPSA) is 41.1 Å². The van der Waals surface area contributed by atoms with Gasteiger partial charge in [0.05, 0.1) is 6.04 Å². The zero-order chi connectivity index (χ0) is 9.97. The summed E-state index contributed by atoms with van der Waals surface area (Å²) in [5.74, 6) is 0.0671. The first-order chi connectivity index (χ1) is 6.81. The van der Waals surface area contributed by atoms with Crippen molar-refractivity contribution in [3.63, 3.8) is 0 Å². The van der Waals surface area contributed by atoms with Crippen molar-refractivity contribution in [1.82, 2.24) is 5.32 Å². The van der Waals surface area contributed by atoms with Gasteiger partial charge in [0.25, 0.3) is 0 Å². The van der Waals surface area contributed by atoms with Crippen LogP contribution in [0.5, 0.6) is 0 Å². The van der Waals surface area contributed by atoms with Crippen molar-refractivity contribution in [2.24, 2.45) is 0 Å². The first-order valence-corrected chi connectivity index (χ1v) is 4.87. The van der Waals surface area contributed by atoms with Crippen molar-refractivity contribution in [3.8, 4) is 0 Å². The molecule has 1 aliphatic rings. The van der Waals surface area contributed by atoms with Gasteiger partial charge in [-0.1, -0.05) is 18.2 Å². The van der Waals surface area contributed by atoms with Crippen LogP contribution in [0.1, 0.15) is 12.0 Å². The van der Waals surface area contributed by atoms with E-state index in [0.717, 1.165) is 18.5 Å². The summed E-state index contributed by atoms with van der Waals surface area (Å²) in [5.41, 5.74) is 2.17. The molecule has 0 unspecified atom stereocenters. The number of aryl methyl sites for hydroxylation is 1. The minimum absolute atomic E-state index is 0.0671. The van der Waals surface area contributed by atoms with Crippen molar-refractivity contribution >= 4 is 11.6 Å². The van der Waals surface area contributed by atoms with E-state index in [1.807, 2.05) is 25.2 Å². The number of nitrogens with one attached hydrogen (secondary N) is 2. The molecule has 0 bridgehead atoms. The summed E-state index contributed by atoms with van der Waals surface area (Å²) in [7, 11) is 1.82. The molecule has 14 heavy (non-hydrogen) atoms. The normalized spacial score (nSPS) is 20.9. The molecule has 0 aromatic heterocycles. The second-order valence-electron chi connectivity index (χ2n) is 3.53. The quantitative estimate of drug-likeness (QED) is 0.697. The van der Waals surface area contributed by atoms with Gasteiger partial charge in [-0.25, -0.2) is 0 Å². The summed E-state index contributed by atoms with van der Waals surface area (Å²) >= 11 is 0. The summed E-state index contributed by atoms with van der Waals surface area (Å²) in [6, 6.07) is 7.89. The Bertz CT molecular complexity index is 349. The van der Waals surface area contributed by atoms with E-state index >= 15 is 0 Å². The fourth-order valence-electron chi connectivity index (χ4n) is 1.79. The Hall–Kier alpha value is -1.35. The van der Waals surface area contributed by atoms with Crippen LogP contribution >= 0.6 is 0 Å². The minimum Gasteiger partial charge on any atom is -0.324 e. The van der Waals surface area contributed by atoms with Gasteiger partial charge in [0.1, 0.15) is 0 Å². The van der Waals surface area contributed by atoms with Gasteiger partial charge in [-0.3, -0.25) is 4.79 Å². The van der Waals surface area contributed by atoms with Crippen LogP contribution in [0.25, 0.3) is 0 Å². The monoisotopic (exact) mass is 190 g/mol. The van der Waals surface area contributed by atoms with E-state index in [4.69, 9.17) is 0 Å². The highest BCUT2D eigenvalue weighted by Crippen LogP contribution is 2.21. The molecular weight excluding hydrogens is 176 g/mol. The van der Waals surface area contributed by atoms with Gasteiger partial charge in [0.15, 0.2) is 0 Å². The van der Waals surface area contributed by atoms with E-state index in [-0.39, 0.29) is 11.9 Å². The van der Waals surface area contributed by atoms with Crippen molar-refractivity contribution in [2.75, 3.05) is 12.4 Å². The lowest BCUT2D eigenvalue weighted by Crippen LogP contribution is -2.37. The highest BCUT2D eigenvalue weighted by atomic mass is 16.2. The lowest BCUT2D eigenvalue weighted by atomic mass is 10.1. The highest BCUT2D eigenvalue weighted by Gasteiger charge is 2.21. The zero-order valence-corrected chi connectivity index (χ0v) is 8.21. The molecule has 0 saturated heterocycles. The maximum absolute atomic E-state index is 11.6. The van der Waals surface area contributed by atoms with E-state index in [1.54, 1.807) is 0 Å². The Balaban J connectivity index is 2.28. The Morgan fingerprint density at radius 2 is 2.21 bits per heavy atom. The molecule has 1 atom stereocenters. The lowest BCUT2D eigenvalue weighted by molar-refractivity contribution is -0.118. The first-order valence-electron chi connectivity index (χ1n) is 4.87. The highest BCUT2D eigenvalue weighted by molar-refractivity contribution is 5.96. The van der Waals surface area contributed by atoms with E-state index < -0.39 is 0 Å². The summed E-state index contributed by atoms with van der Waals surface area (Å²) in [6.07, 6.45) is 1.81. The number of fused-ring (bicyclic) bond motifs is 1. The van der Waals surface area contributed by atoms with Crippen LogP contribution < -0.4 is 10.6 Å². The van der Waals surface area contributed by atoms with Crippen LogP contribution in [0.15, 0.2) is 24.3 Å². The summed E-state index contributed by atoms with van der Waals surface area (Å²) in [4.78, 5) is 11.6. The van der Waals surface area contributed by atoms with Crippen molar-refractivity contribution in [2.45, 2.75) is 18.9 Å². The molecule has 2 N–H and O–H groups in total. The predicted molar refractivity (Wildman–Crippen MR) is 56.2 cm³/mol. The minimum atomic E-state index is -0.0672. The fourth-order valence-corrected chi connectivity index (χ4v) is 1.79. The fraction of sp³-hybridized carbons (Fsp3) is 0.364. The summed E-state index contributed by atoms with van der Waals surface area (Å²) in [5, 5.41) is 5.94. The molecule has 1 aromatic carbocycles. The molecule has 0 aliphatic carbocycles. The lowest BCUT2D eigenvalue weighted by Gasteiger charge is -2.10. The number of carbonyl (C=O) groups is 1. The summed E-state index contributed by atoms with van der Waals surface area (Å²) < 4.78 is 0. The Morgan fingerprint density at radius 1 is 1.43 bits per heavy atom. The van der Waals surface area contributed by atoms with Crippen molar-refractivity contribution in [1.29, 1.82) is 0 Å². The Morgan fingerprint density at radius 3 is 3.00 bits per heavy atom. The van der Waals surface area contributed by atoms with Crippen molar-refractivity contribution < 1.29 is 4.79 Å². The van der Waals surface area contributed by atoms with Gasteiger partial charge in [0.2, 0.25) is 5.91 Å². The van der Waals surface area contributed by atoms with Gasteiger partial charge in [0, 0.05) is 5.69 Å². The van der Waals surface area contributed by atoms with Crippen LogP contribution in [-0.4, -0.2) is 19.0 Å². The molecule has 1 amide bonds. The third kappa shape index (κ3) is 1.63. The number of carbonyl (C=O) groups excluding carboxylic acids is 1. The number of anilines is 1. The standard InChI is InChI=1S/C11H14N2O/c1-12-10-7-6-8-4-2-3-5-9(8)13-11(10)14/h2-5,10,12H,6-7H2,1H3,(H,13,14)/t10-/m1/s1. The van der Waals surface area contributed by atoms with Crippen LogP contribution in [0.3, 0.4) is 0 Å². The number of para-hydroxylation sites is 1. The summed E-state index contributed by atoms with van der Waals surface area (Å²) in [6.45, 7) is 0. The third-order valence-corrected chi connectivity index (χ3v) is 2.64.